The van der Waals surface area contributed by atoms with Gasteiger partial charge in [0.25, 0.3) is 0 Å². The van der Waals surface area contributed by atoms with Gasteiger partial charge >= 0.3 is 11.9 Å². The first-order valence-electron chi connectivity index (χ1n) is 4.37. The van der Waals surface area contributed by atoms with E-state index in [2.05, 4.69) is 4.74 Å². The van der Waals surface area contributed by atoms with Crippen molar-refractivity contribution >= 4 is 17.6 Å². The molecule has 1 aromatic carbocycles. The number of nitrogens with two attached hydrogens (primary N) is 1. The molecule has 0 radical (unpaired) electrons. The van der Waals surface area contributed by atoms with Gasteiger partial charge in [0.2, 0.25) is 0 Å². The minimum Gasteiger partial charge on any atom is -0.496 e. The molecular weight excluding hydrogens is 214 g/mol. The quantitative estimate of drug-likeness (QED) is 0.572. The molecule has 3 N–H and O–H groups in total. The second-order valence-corrected chi connectivity index (χ2v) is 2.93. The highest BCUT2D eigenvalue weighted by atomic mass is 16.6. The molecule has 0 heterocycles. The number of carboxylic acid groups (broad SMARTS) is 1. The highest BCUT2D eigenvalue weighted by Gasteiger charge is 2.14. The zero-order valence-electron chi connectivity index (χ0n) is 8.60. The molecule has 0 aliphatic heterocycles. The van der Waals surface area contributed by atoms with Crippen molar-refractivity contribution in [1.29, 1.82) is 0 Å². The normalized spacial score (nSPS) is 9.56. The molecular formula is C10H11NO5. The van der Waals surface area contributed by atoms with Crippen LogP contribution in [0.4, 0.5) is 5.69 Å². The third-order valence-corrected chi connectivity index (χ3v) is 1.77. The minimum atomic E-state index is -1.22. The number of rotatable bonds is 4. The Morgan fingerprint density at radius 1 is 1.44 bits per heavy atom. The summed E-state index contributed by atoms with van der Waals surface area (Å²) in [6.45, 7) is -0.688. The fourth-order valence-electron chi connectivity index (χ4n) is 1.08. The molecule has 0 aliphatic carbocycles. The van der Waals surface area contributed by atoms with Crippen LogP contribution in [0.15, 0.2) is 18.2 Å². The molecule has 0 fully saturated rings. The van der Waals surface area contributed by atoms with E-state index in [4.69, 9.17) is 15.6 Å². The molecule has 0 aliphatic rings. The van der Waals surface area contributed by atoms with E-state index in [1.165, 1.54) is 25.3 Å². The number of carbonyl (C=O) groups excluding carboxylic acids is 1. The zero-order valence-corrected chi connectivity index (χ0v) is 8.60. The Labute approximate surface area is 91.6 Å². The number of aliphatic carboxylic acids is 1. The molecule has 86 valence electrons. The second-order valence-electron chi connectivity index (χ2n) is 2.93. The number of ether oxygens (including phenoxy) is 2. The molecule has 6 nitrogen and oxygen atoms in total. The van der Waals surface area contributed by atoms with Crippen LogP contribution in [0.2, 0.25) is 0 Å². The predicted molar refractivity (Wildman–Crippen MR) is 55.3 cm³/mol. The number of carboxylic acids is 1. The molecule has 0 unspecified atom stereocenters. The number of hydrogen-bond donors (Lipinski definition) is 2. The van der Waals surface area contributed by atoms with Crippen molar-refractivity contribution in [2.45, 2.75) is 0 Å². The van der Waals surface area contributed by atoms with Crippen LogP contribution >= 0.6 is 0 Å². The minimum absolute atomic E-state index is 0.137. The Balaban J connectivity index is 2.86. The standard InChI is InChI=1S/C10H11NO5/c1-15-8-4-6(11)2-3-7(8)10(14)16-5-9(12)13/h2-4H,5,11H2,1H3,(H,12,13). The molecule has 16 heavy (non-hydrogen) atoms. The van der Waals surface area contributed by atoms with Crippen molar-refractivity contribution in [3.05, 3.63) is 23.8 Å². The lowest BCUT2D eigenvalue weighted by atomic mass is 10.2. The fourth-order valence-corrected chi connectivity index (χ4v) is 1.08. The van der Waals surface area contributed by atoms with Crippen LogP contribution in [-0.2, 0) is 9.53 Å². The first-order valence-corrected chi connectivity index (χ1v) is 4.37. The number of nitrogen functional groups attached to an aromatic ring is 1. The van der Waals surface area contributed by atoms with E-state index in [0.717, 1.165) is 0 Å². The first kappa shape index (κ1) is 11.8. The van der Waals surface area contributed by atoms with Crippen molar-refractivity contribution < 1.29 is 24.2 Å². The molecule has 0 bridgehead atoms. The van der Waals surface area contributed by atoms with E-state index in [9.17, 15) is 9.59 Å². The highest BCUT2D eigenvalue weighted by molar-refractivity contribution is 5.94. The second kappa shape index (κ2) is 5.01. The van der Waals surface area contributed by atoms with Crippen molar-refractivity contribution in [2.24, 2.45) is 0 Å². The molecule has 0 saturated carbocycles. The van der Waals surface area contributed by atoms with Gasteiger partial charge in [-0.15, -0.1) is 0 Å². The van der Waals surface area contributed by atoms with E-state index in [-0.39, 0.29) is 11.3 Å². The van der Waals surface area contributed by atoms with Crippen molar-refractivity contribution in [3.8, 4) is 5.75 Å². The summed E-state index contributed by atoms with van der Waals surface area (Å²) in [6.07, 6.45) is 0. The topological polar surface area (TPSA) is 98.9 Å². The average molecular weight is 225 g/mol. The van der Waals surface area contributed by atoms with Gasteiger partial charge in [0.05, 0.1) is 7.11 Å². The van der Waals surface area contributed by atoms with Crippen LogP contribution in [0.25, 0.3) is 0 Å². The van der Waals surface area contributed by atoms with Gasteiger partial charge in [-0.3, -0.25) is 0 Å². The maximum Gasteiger partial charge on any atom is 0.342 e. The molecule has 0 amide bonds. The van der Waals surface area contributed by atoms with Gasteiger partial charge < -0.3 is 20.3 Å². The van der Waals surface area contributed by atoms with Crippen molar-refractivity contribution in [1.82, 2.24) is 0 Å². The summed E-state index contributed by atoms with van der Waals surface area (Å²) in [7, 11) is 1.38. The molecule has 0 saturated heterocycles. The monoisotopic (exact) mass is 225 g/mol. The summed E-state index contributed by atoms with van der Waals surface area (Å²) in [6, 6.07) is 4.37. The van der Waals surface area contributed by atoms with Gasteiger partial charge in [-0.1, -0.05) is 0 Å². The van der Waals surface area contributed by atoms with Gasteiger partial charge in [0.1, 0.15) is 11.3 Å². The lowest BCUT2D eigenvalue weighted by Crippen LogP contribution is -2.14. The summed E-state index contributed by atoms with van der Waals surface area (Å²) in [5.41, 5.74) is 6.07. The number of benzene rings is 1. The average Bonchev–Trinajstić information content (AvgIpc) is 2.25. The molecule has 1 rings (SSSR count). The van der Waals surface area contributed by atoms with Crippen LogP contribution in [0.1, 0.15) is 10.4 Å². The lowest BCUT2D eigenvalue weighted by molar-refractivity contribution is -0.140. The zero-order chi connectivity index (χ0) is 12.1. The van der Waals surface area contributed by atoms with E-state index in [0.29, 0.717) is 5.69 Å². The van der Waals surface area contributed by atoms with Gasteiger partial charge in [-0.25, -0.2) is 9.59 Å². The summed E-state index contributed by atoms with van der Waals surface area (Å²) in [4.78, 5) is 21.6. The largest absolute Gasteiger partial charge is 0.496 e. The van der Waals surface area contributed by atoms with Gasteiger partial charge in [0.15, 0.2) is 6.61 Å². The van der Waals surface area contributed by atoms with E-state index in [1.54, 1.807) is 0 Å². The molecule has 0 spiro atoms. The Bertz CT molecular complexity index is 416. The summed E-state index contributed by atoms with van der Waals surface area (Å²) in [5, 5.41) is 8.35. The van der Waals surface area contributed by atoms with Gasteiger partial charge in [-0.2, -0.15) is 0 Å². The van der Waals surface area contributed by atoms with Crippen LogP contribution in [0.3, 0.4) is 0 Å². The number of hydrogen-bond acceptors (Lipinski definition) is 5. The summed E-state index contributed by atoms with van der Waals surface area (Å²) < 4.78 is 9.44. The molecule has 6 heteroatoms. The maximum atomic E-state index is 11.4. The van der Waals surface area contributed by atoms with Crippen LogP contribution in [-0.4, -0.2) is 30.8 Å². The van der Waals surface area contributed by atoms with Crippen molar-refractivity contribution in [2.75, 3.05) is 19.5 Å². The number of carbonyl (C=O) groups is 2. The Kier molecular flexibility index (Phi) is 3.71. The SMILES string of the molecule is COc1cc(N)ccc1C(=O)OCC(=O)O. The first-order chi connectivity index (χ1) is 7.54. The van der Waals surface area contributed by atoms with E-state index < -0.39 is 18.5 Å². The Hall–Kier alpha value is -2.24. The van der Waals surface area contributed by atoms with Crippen LogP contribution in [0.5, 0.6) is 5.75 Å². The number of esters is 1. The smallest absolute Gasteiger partial charge is 0.342 e. The fraction of sp³-hybridized carbons (Fsp3) is 0.200. The van der Waals surface area contributed by atoms with Gasteiger partial charge in [-0.05, 0) is 12.1 Å². The van der Waals surface area contributed by atoms with Crippen molar-refractivity contribution in [3.63, 3.8) is 0 Å². The maximum absolute atomic E-state index is 11.4. The lowest BCUT2D eigenvalue weighted by Gasteiger charge is -2.08. The third-order valence-electron chi connectivity index (χ3n) is 1.77. The number of methoxy groups -OCH3 is 1. The van der Waals surface area contributed by atoms with E-state index >= 15 is 0 Å². The van der Waals surface area contributed by atoms with Crippen LogP contribution < -0.4 is 10.5 Å². The predicted octanol–water partition coefficient (Wildman–Crippen LogP) is 0.519. The summed E-state index contributed by atoms with van der Waals surface area (Å²) in [5.74, 6) is -1.74. The third kappa shape index (κ3) is 2.88. The molecule has 1 aromatic rings. The van der Waals surface area contributed by atoms with Gasteiger partial charge in [0, 0.05) is 11.8 Å². The van der Waals surface area contributed by atoms with Crippen LogP contribution in [0, 0.1) is 0 Å². The Morgan fingerprint density at radius 2 is 2.12 bits per heavy atom. The Morgan fingerprint density at radius 3 is 2.69 bits per heavy atom. The number of anilines is 1. The van der Waals surface area contributed by atoms with E-state index in [1.807, 2.05) is 0 Å². The highest BCUT2D eigenvalue weighted by Crippen LogP contribution is 2.22. The molecule has 0 aromatic heterocycles. The summed E-state index contributed by atoms with van der Waals surface area (Å²) >= 11 is 0. The molecule has 0 atom stereocenters.